The molecule has 4 aromatic carbocycles. The number of nitrogens with zero attached hydrogens (tertiary/aromatic N) is 2. The molecule has 0 spiro atoms. The molecule has 6 aromatic rings. The molecule has 60 heavy (non-hydrogen) atoms. The molecule has 0 bridgehead atoms. The first kappa shape index (κ1) is 44.0. The number of aromatic carboxylic acids is 1. The van der Waals surface area contributed by atoms with Crippen molar-refractivity contribution in [1.29, 1.82) is 0 Å². The molecule has 12 heteroatoms. The minimum absolute atomic E-state index is 0.140. The first-order valence-corrected chi connectivity index (χ1v) is 20.8. The lowest BCUT2D eigenvalue weighted by Gasteiger charge is -2.28. The molecule has 2 aromatic heterocycles. The SMILES string of the molecule is COC(=O)c1ccc(C(CCCC(C)(C)Cn2c(C(=O)NC(C)c3ccc(C(=O)O)cc3)c(Cl)c3ccccc32)NC(=O)c2c(Cl)c3ccccc3n2CC(C)(C)C)cc1. The van der Waals surface area contributed by atoms with E-state index in [1.165, 1.54) is 19.2 Å². The van der Waals surface area contributed by atoms with Crippen molar-refractivity contribution in [3.63, 3.8) is 0 Å². The fraction of sp³-hybridized carbons (Fsp3) is 0.333. The van der Waals surface area contributed by atoms with E-state index >= 15 is 0 Å². The maximum Gasteiger partial charge on any atom is 0.337 e. The number of rotatable bonds is 15. The lowest BCUT2D eigenvalue weighted by Crippen LogP contribution is -2.32. The lowest BCUT2D eigenvalue weighted by molar-refractivity contribution is 0.0599. The number of ether oxygens (including phenoxy) is 1. The molecule has 2 heterocycles. The summed E-state index contributed by atoms with van der Waals surface area (Å²) in [5.74, 6) is -2.11. The van der Waals surface area contributed by atoms with E-state index in [4.69, 9.17) is 27.9 Å². The van der Waals surface area contributed by atoms with Gasteiger partial charge in [0.1, 0.15) is 11.4 Å². The molecule has 10 nitrogen and oxygen atoms in total. The van der Waals surface area contributed by atoms with Crippen molar-refractivity contribution in [2.45, 2.75) is 86.0 Å². The average molecular weight is 852 g/mol. The summed E-state index contributed by atoms with van der Waals surface area (Å²) in [6.45, 7) is 13.5. The number of carboxylic acid groups (broad SMARTS) is 1. The smallest absolute Gasteiger partial charge is 0.337 e. The molecule has 2 atom stereocenters. The van der Waals surface area contributed by atoms with Gasteiger partial charge in [0.05, 0.1) is 51.4 Å². The minimum atomic E-state index is -1.02. The van der Waals surface area contributed by atoms with E-state index in [0.29, 0.717) is 52.9 Å². The molecular formula is C48H52Cl2N4O6. The number of carbonyl (C=O) groups excluding carboxylic acids is 3. The van der Waals surface area contributed by atoms with E-state index in [1.54, 1.807) is 24.3 Å². The Balaban J connectivity index is 1.25. The van der Waals surface area contributed by atoms with Crippen LogP contribution in [0.15, 0.2) is 97.1 Å². The van der Waals surface area contributed by atoms with E-state index in [9.17, 15) is 24.3 Å². The number of hydrogen-bond acceptors (Lipinski definition) is 5. The average Bonchev–Trinajstić information content (AvgIpc) is 3.64. The zero-order chi connectivity index (χ0) is 43.5. The number of para-hydroxylation sites is 2. The summed E-state index contributed by atoms with van der Waals surface area (Å²) in [4.78, 5) is 52.2. The molecule has 6 rings (SSSR count). The van der Waals surface area contributed by atoms with Crippen LogP contribution in [-0.2, 0) is 17.8 Å². The van der Waals surface area contributed by atoms with Crippen LogP contribution >= 0.6 is 23.2 Å². The Morgan fingerprint density at radius 1 is 0.683 bits per heavy atom. The fourth-order valence-electron chi connectivity index (χ4n) is 7.84. The minimum Gasteiger partial charge on any atom is -0.478 e. The van der Waals surface area contributed by atoms with Crippen molar-refractivity contribution in [2.24, 2.45) is 10.8 Å². The van der Waals surface area contributed by atoms with Gasteiger partial charge < -0.3 is 29.6 Å². The fourth-order valence-corrected chi connectivity index (χ4v) is 8.54. The molecule has 3 N–H and O–H groups in total. The number of halogens is 2. The largest absolute Gasteiger partial charge is 0.478 e. The van der Waals surface area contributed by atoms with Gasteiger partial charge in [0.2, 0.25) is 0 Å². The van der Waals surface area contributed by atoms with Crippen molar-refractivity contribution >= 4 is 68.8 Å². The summed E-state index contributed by atoms with van der Waals surface area (Å²) in [5.41, 5.74) is 4.14. The van der Waals surface area contributed by atoms with Gasteiger partial charge in [-0.25, -0.2) is 9.59 Å². The van der Waals surface area contributed by atoms with Gasteiger partial charge in [-0.1, -0.05) is 125 Å². The molecule has 2 amide bonds. The first-order chi connectivity index (χ1) is 28.4. The predicted molar refractivity (Wildman–Crippen MR) is 238 cm³/mol. The van der Waals surface area contributed by atoms with Crippen LogP contribution in [0.4, 0.5) is 0 Å². The van der Waals surface area contributed by atoms with E-state index in [-0.39, 0.29) is 28.2 Å². The number of benzene rings is 4. The molecule has 0 saturated carbocycles. The number of esters is 1. The zero-order valence-corrected chi connectivity index (χ0v) is 36.6. The summed E-state index contributed by atoms with van der Waals surface area (Å²) in [7, 11) is 1.34. The summed E-state index contributed by atoms with van der Waals surface area (Å²) >= 11 is 14.0. The number of nitrogens with one attached hydrogen (secondary N) is 2. The Hall–Kier alpha value is -5.58. The van der Waals surface area contributed by atoms with Crippen LogP contribution in [0, 0.1) is 10.8 Å². The molecule has 0 aliphatic rings. The molecule has 0 radical (unpaired) electrons. The first-order valence-electron chi connectivity index (χ1n) is 20.1. The number of hydrogen-bond donors (Lipinski definition) is 3. The van der Waals surface area contributed by atoms with Crippen LogP contribution in [0.3, 0.4) is 0 Å². The topological polar surface area (TPSA) is 132 Å². The summed E-state index contributed by atoms with van der Waals surface area (Å²) in [6.07, 6.45) is 2.00. The number of amides is 2. The van der Waals surface area contributed by atoms with Gasteiger partial charge in [0.25, 0.3) is 11.8 Å². The third-order valence-corrected chi connectivity index (χ3v) is 11.6. The second-order valence-electron chi connectivity index (χ2n) is 17.4. The highest BCUT2D eigenvalue weighted by atomic mass is 35.5. The van der Waals surface area contributed by atoms with Gasteiger partial charge in [0, 0.05) is 23.9 Å². The monoisotopic (exact) mass is 850 g/mol. The molecule has 0 fully saturated rings. The molecule has 0 aliphatic carbocycles. The predicted octanol–water partition coefficient (Wildman–Crippen LogP) is 11.3. The highest BCUT2D eigenvalue weighted by molar-refractivity contribution is 6.39. The van der Waals surface area contributed by atoms with Crippen molar-refractivity contribution in [2.75, 3.05) is 7.11 Å². The van der Waals surface area contributed by atoms with E-state index in [0.717, 1.165) is 39.4 Å². The summed E-state index contributed by atoms with van der Waals surface area (Å²) < 4.78 is 8.91. The van der Waals surface area contributed by atoms with Crippen molar-refractivity contribution in [1.82, 2.24) is 19.8 Å². The van der Waals surface area contributed by atoms with Crippen molar-refractivity contribution in [3.8, 4) is 0 Å². The van der Waals surface area contributed by atoms with Crippen LogP contribution in [0.1, 0.15) is 126 Å². The van der Waals surface area contributed by atoms with Crippen LogP contribution in [0.2, 0.25) is 10.0 Å². The number of carbonyl (C=O) groups is 4. The molecular weight excluding hydrogens is 799 g/mol. The molecule has 2 unspecified atom stereocenters. The van der Waals surface area contributed by atoms with E-state index in [1.807, 2.05) is 76.7 Å². The number of aromatic nitrogens is 2. The second kappa shape index (κ2) is 18.0. The Kier molecular flexibility index (Phi) is 13.2. The van der Waals surface area contributed by atoms with Crippen LogP contribution < -0.4 is 10.6 Å². The number of methoxy groups -OCH3 is 1. The van der Waals surface area contributed by atoms with Crippen LogP contribution in [0.5, 0.6) is 0 Å². The van der Waals surface area contributed by atoms with E-state index in [2.05, 4.69) is 45.3 Å². The number of carboxylic acids is 1. The van der Waals surface area contributed by atoms with Gasteiger partial charge in [0.15, 0.2) is 0 Å². The van der Waals surface area contributed by atoms with Crippen LogP contribution in [-0.4, -0.2) is 45.1 Å². The zero-order valence-electron chi connectivity index (χ0n) is 35.1. The Morgan fingerprint density at radius 3 is 1.68 bits per heavy atom. The van der Waals surface area contributed by atoms with Gasteiger partial charge in [-0.2, -0.15) is 0 Å². The van der Waals surface area contributed by atoms with Gasteiger partial charge >= 0.3 is 11.9 Å². The molecule has 0 saturated heterocycles. The third kappa shape index (κ3) is 9.72. The Labute approximate surface area is 360 Å². The molecule has 0 aliphatic heterocycles. The summed E-state index contributed by atoms with van der Waals surface area (Å²) in [6, 6.07) is 28.1. The van der Waals surface area contributed by atoms with Gasteiger partial charge in [-0.15, -0.1) is 0 Å². The maximum absolute atomic E-state index is 14.4. The number of fused-ring (bicyclic) bond motifs is 2. The molecule has 314 valence electrons. The standard InChI is InChI=1S/C48H52Cl2N4O6/c1-29(30-18-22-32(23-19-30)45(57)58)51-43(55)41-39(49)35-14-9-11-17-38(35)54(41)28-48(5,6)26-12-15-36(31-20-24-33(25-21-31)46(59)60-7)52-44(56)42-40(50)34-13-8-10-16-37(34)53(42)27-47(2,3)4/h8-11,13-14,16-25,29,36H,12,15,26-28H2,1-7H3,(H,51,55)(H,52,56)(H,57,58). The Bertz CT molecular complexity index is 2550. The third-order valence-electron chi connectivity index (χ3n) is 10.9. The quantitative estimate of drug-likeness (QED) is 0.0882. The summed E-state index contributed by atoms with van der Waals surface area (Å²) in [5, 5.41) is 18.0. The second-order valence-corrected chi connectivity index (χ2v) is 18.2. The highest BCUT2D eigenvalue weighted by Gasteiger charge is 2.30. The Morgan fingerprint density at radius 2 is 1.17 bits per heavy atom. The highest BCUT2D eigenvalue weighted by Crippen LogP contribution is 2.37. The maximum atomic E-state index is 14.4. The van der Waals surface area contributed by atoms with E-state index < -0.39 is 24.0 Å². The van der Waals surface area contributed by atoms with Gasteiger partial charge in [-0.05, 0) is 78.1 Å². The normalized spacial score (nSPS) is 12.9. The van der Waals surface area contributed by atoms with Crippen LogP contribution in [0.25, 0.3) is 21.8 Å². The van der Waals surface area contributed by atoms with Crippen molar-refractivity contribution < 1.29 is 29.0 Å². The van der Waals surface area contributed by atoms with Gasteiger partial charge in [-0.3, -0.25) is 9.59 Å². The van der Waals surface area contributed by atoms with Crippen molar-refractivity contribution in [3.05, 3.63) is 141 Å². The lowest BCUT2D eigenvalue weighted by atomic mass is 9.85.